The van der Waals surface area contributed by atoms with Crippen molar-refractivity contribution in [2.45, 2.75) is 19.8 Å². The van der Waals surface area contributed by atoms with E-state index in [9.17, 15) is 10.1 Å². The summed E-state index contributed by atoms with van der Waals surface area (Å²) in [4.78, 5) is 10.2. The third-order valence-electron chi connectivity index (χ3n) is 2.93. The number of allylic oxidation sites excluding steroid dienone is 3. The van der Waals surface area contributed by atoms with Crippen LogP contribution in [-0.4, -0.2) is 12.0 Å². The van der Waals surface area contributed by atoms with Crippen molar-refractivity contribution in [2.75, 3.05) is 7.11 Å². The number of nitro groups is 1. The third kappa shape index (κ3) is 3.13. The van der Waals surface area contributed by atoms with Gasteiger partial charge in [0.15, 0.2) is 0 Å². The molecule has 0 spiro atoms. The summed E-state index contributed by atoms with van der Waals surface area (Å²) in [6.45, 7) is 1.88. The van der Waals surface area contributed by atoms with Gasteiger partial charge in [-0.05, 0) is 25.0 Å². The smallest absolute Gasteiger partial charge is 0.283 e. The van der Waals surface area contributed by atoms with Crippen molar-refractivity contribution in [2.24, 2.45) is 0 Å². The standard InChI is InChI=1S/C14H15NO4/c1-10-3-6-12(14(18-2)19-10)9-11-4-7-13(8-5-11)15(16)17/h3-5,7-8H,6,9H2,1-2H3. The van der Waals surface area contributed by atoms with E-state index in [1.54, 1.807) is 19.2 Å². The minimum Gasteiger partial charge on any atom is -0.468 e. The first-order valence-electron chi connectivity index (χ1n) is 5.94. The number of nitro benzene ring substituents is 1. The van der Waals surface area contributed by atoms with Crippen molar-refractivity contribution >= 4 is 5.69 Å². The zero-order chi connectivity index (χ0) is 13.8. The molecule has 0 saturated carbocycles. The van der Waals surface area contributed by atoms with Gasteiger partial charge in [0.2, 0.25) is 0 Å². The number of rotatable bonds is 4. The van der Waals surface area contributed by atoms with E-state index in [4.69, 9.17) is 9.47 Å². The van der Waals surface area contributed by atoms with Crippen LogP contribution in [0.3, 0.4) is 0 Å². The second kappa shape index (κ2) is 5.56. The number of non-ortho nitro benzene ring substituents is 1. The third-order valence-corrected chi connectivity index (χ3v) is 2.93. The monoisotopic (exact) mass is 261 g/mol. The van der Waals surface area contributed by atoms with Crippen LogP contribution >= 0.6 is 0 Å². The van der Waals surface area contributed by atoms with Gasteiger partial charge in [0.25, 0.3) is 11.6 Å². The van der Waals surface area contributed by atoms with Crippen molar-refractivity contribution in [3.63, 3.8) is 0 Å². The Morgan fingerprint density at radius 3 is 2.63 bits per heavy atom. The molecule has 1 aromatic rings. The maximum Gasteiger partial charge on any atom is 0.283 e. The normalized spacial score (nSPS) is 14.7. The van der Waals surface area contributed by atoms with Gasteiger partial charge in [-0.15, -0.1) is 0 Å². The Balaban J connectivity index is 2.14. The van der Waals surface area contributed by atoms with E-state index in [0.29, 0.717) is 12.4 Å². The Morgan fingerprint density at radius 1 is 1.37 bits per heavy atom. The Kier molecular flexibility index (Phi) is 3.85. The Morgan fingerprint density at radius 2 is 2.05 bits per heavy atom. The number of hydrogen-bond acceptors (Lipinski definition) is 4. The van der Waals surface area contributed by atoms with Gasteiger partial charge in [-0.25, -0.2) is 0 Å². The summed E-state index contributed by atoms with van der Waals surface area (Å²) in [6, 6.07) is 6.52. The fourth-order valence-electron chi connectivity index (χ4n) is 1.92. The molecule has 0 amide bonds. The first kappa shape index (κ1) is 13.1. The zero-order valence-electron chi connectivity index (χ0n) is 10.9. The molecular formula is C14H15NO4. The van der Waals surface area contributed by atoms with Crippen molar-refractivity contribution < 1.29 is 14.4 Å². The molecular weight excluding hydrogens is 246 g/mol. The molecule has 1 aliphatic rings. The summed E-state index contributed by atoms with van der Waals surface area (Å²) >= 11 is 0. The summed E-state index contributed by atoms with van der Waals surface area (Å²) in [7, 11) is 1.57. The number of benzene rings is 1. The second-order valence-electron chi connectivity index (χ2n) is 4.32. The molecule has 5 heteroatoms. The van der Waals surface area contributed by atoms with Crippen LogP contribution in [0.1, 0.15) is 18.9 Å². The molecule has 0 atom stereocenters. The van der Waals surface area contributed by atoms with E-state index in [-0.39, 0.29) is 5.69 Å². The molecule has 0 unspecified atom stereocenters. The van der Waals surface area contributed by atoms with Crippen LogP contribution in [0, 0.1) is 10.1 Å². The highest BCUT2D eigenvalue weighted by molar-refractivity contribution is 5.35. The molecule has 1 heterocycles. The first-order valence-corrected chi connectivity index (χ1v) is 5.94. The topological polar surface area (TPSA) is 61.6 Å². The van der Waals surface area contributed by atoms with E-state index >= 15 is 0 Å². The van der Waals surface area contributed by atoms with Crippen molar-refractivity contribution in [1.29, 1.82) is 0 Å². The lowest BCUT2D eigenvalue weighted by Crippen LogP contribution is -2.06. The van der Waals surface area contributed by atoms with Crippen LogP contribution in [0.5, 0.6) is 0 Å². The molecule has 0 saturated heterocycles. The molecule has 2 rings (SSSR count). The largest absolute Gasteiger partial charge is 0.468 e. The summed E-state index contributed by atoms with van der Waals surface area (Å²) in [6.07, 6.45) is 3.42. The molecule has 0 bridgehead atoms. The lowest BCUT2D eigenvalue weighted by Gasteiger charge is -2.18. The summed E-state index contributed by atoms with van der Waals surface area (Å²) in [5.41, 5.74) is 2.12. The maximum absolute atomic E-state index is 10.6. The van der Waals surface area contributed by atoms with Crippen LogP contribution in [0.4, 0.5) is 5.69 Å². The summed E-state index contributed by atoms with van der Waals surface area (Å²) in [5.74, 6) is 1.35. The predicted molar refractivity (Wildman–Crippen MR) is 70.3 cm³/mol. The van der Waals surface area contributed by atoms with Gasteiger partial charge in [0, 0.05) is 24.1 Å². The predicted octanol–water partition coefficient (Wildman–Crippen LogP) is 3.32. The lowest BCUT2D eigenvalue weighted by molar-refractivity contribution is -0.384. The molecule has 0 fully saturated rings. The highest BCUT2D eigenvalue weighted by atomic mass is 16.7. The van der Waals surface area contributed by atoms with Gasteiger partial charge >= 0.3 is 0 Å². The van der Waals surface area contributed by atoms with Gasteiger partial charge in [-0.3, -0.25) is 10.1 Å². The minimum atomic E-state index is -0.403. The first-order chi connectivity index (χ1) is 9.10. The quantitative estimate of drug-likeness (QED) is 0.616. The van der Waals surface area contributed by atoms with E-state index in [2.05, 4.69) is 0 Å². The molecule has 0 N–H and O–H groups in total. The Hall–Kier alpha value is -2.30. The van der Waals surface area contributed by atoms with Gasteiger partial charge in [-0.2, -0.15) is 0 Å². The van der Waals surface area contributed by atoms with Crippen molar-refractivity contribution in [3.05, 3.63) is 63.3 Å². The van der Waals surface area contributed by atoms with E-state index < -0.39 is 4.92 Å². The molecule has 5 nitrogen and oxygen atoms in total. The van der Waals surface area contributed by atoms with Crippen molar-refractivity contribution in [1.82, 2.24) is 0 Å². The fraction of sp³-hybridized carbons (Fsp3) is 0.286. The number of methoxy groups -OCH3 is 1. The van der Waals surface area contributed by atoms with Crippen LogP contribution in [0.2, 0.25) is 0 Å². The number of nitrogens with zero attached hydrogens (tertiary/aromatic N) is 1. The molecule has 1 aromatic carbocycles. The fourth-order valence-corrected chi connectivity index (χ4v) is 1.92. The van der Waals surface area contributed by atoms with E-state index in [0.717, 1.165) is 23.3 Å². The van der Waals surface area contributed by atoms with Crippen molar-refractivity contribution in [3.8, 4) is 0 Å². The lowest BCUT2D eigenvalue weighted by atomic mass is 10.0. The zero-order valence-corrected chi connectivity index (χ0v) is 10.9. The van der Waals surface area contributed by atoms with Gasteiger partial charge in [-0.1, -0.05) is 12.1 Å². The van der Waals surface area contributed by atoms with E-state index in [1.807, 2.05) is 13.0 Å². The molecule has 19 heavy (non-hydrogen) atoms. The maximum atomic E-state index is 10.6. The number of hydrogen-bond donors (Lipinski definition) is 0. The molecule has 0 aromatic heterocycles. The minimum absolute atomic E-state index is 0.0975. The van der Waals surface area contributed by atoms with Gasteiger partial charge in [0.1, 0.15) is 5.76 Å². The SMILES string of the molecule is COC1=C(Cc2ccc([N+](=O)[O-])cc2)CC=C(C)O1. The molecule has 1 aliphatic heterocycles. The van der Waals surface area contributed by atoms with Gasteiger partial charge < -0.3 is 9.47 Å². The van der Waals surface area contributed by atoms with Crippen LogP contribution in [0.25, 0.3) is 0 Å². The highest BCUT2D eigenvalue weighted by Gasteiger charge is 2.15. The highest BCUT2D eigenvalue weighted by Crippen LogP contribution is 2.25. The second-order valence-corrected chi connectivity index (χ2v) is 4.32. The Bertz CT molecular complexity index is 543. The molecule has 0 radical (unpaired) electrons. The van der Waals surface area contributed by atoms with E-state index in [1.165, 1.54) is 12.1 Å². The average Bonchev–Trinajstić information content (AvgIpc) is 2.41. The van der Waals surface area contributed by atoms with Crippen LogP contribution in [0.15, 0.2) is 47.6 Å². The summed E-state index contributed by atoms with van der Waals surface area (Å²) in [5, 5.41) is 10.6. The van der Waals surface area contributed by atoms with Crippen LogP contribution < -0.4 is 0 Å². The molecule has 100 valence electrons. The number of ether oxygens (including phenoxy) is 2. The molecule has 0 aliphatic carbocycles. The van der Waals surface area contributed by atoms with Gasteiger partial charge in [0.05, 0.1) is 12.0 Å². The summed E-state index contributed by atoms with van der Waals surface area (Å²) < 4.78 is 10.7. The Labute approximate surface area is 111 Å². The average molecular weight is 261 g/mol. The van der Waals surface area contributed by atoms with Crippen LogP contribution in [-0.2, 0) is 15.9 Å².